The van der Waals surface area contributed by atoms with Crippen molar-refractivity contribution in [3.8, 4) is 0 Å². The van der Waals surface area contributed by atoms with Gasteiger partial charge in [-0.1, -0.05) is 11.6 Å². The molecule has 1 saturated carbocycles. The maximum Gasteiger partial charge on any atom is 0.229 e. The summed E-state index contributed by atoms with van der Waals surface area (Å²) in [6, 6.07) is 4.05. The number of pyridine rings is 1. The van der Waals surface area contributed by atoms with Gasteiger partial charge < -0.3 is 14.9 Å². The van der Waals surface area contributed by atoms with Crippen LogP contribution in [0.1, 0.15) is 44.9 Å². The highest BCUT2D eigenvalue weighted by atomic mass is 35.5. The van der Waals surface area contributed by atoms with Crippen molar-refractivity contribution < 1.29 is 9.90 Å². The molecule has 25 heavy (non-hydrogen) atoms. The van der Waals surface area contributed by atoms with E-state index in [1.165, 1.54) is 0 Å². The molecule has 0 radical (unpaired) electrons. The van der Waals surface area contributed by atoms with Crippen LogP contribution in [0.5, 0.6) is 0 Å². The van der Waals surface area contributed by atoms with Crippen LogP contribution >= 0.6 is 11.6 Å². The van der Waals surface area contributed by atoms with Crippen LogP contribution in [0, 0.1) is 5.41 Å². The van der Waals surface area contributed by atoms with E-state index in [0.29, 0.717) is 17.0 Å². The van der Waals surface area contributed by atoms with E-state index < -0.39 is 0 Å². The van der Waals surface area contributed by atoms with Crippen LogP contribution in [0.3, 0.4) is 0 Å². The van der Waals surface area contributed by atoms with Gasteiger partial charge in [0.1, 0.15) is 5.82 Å². The van der Waals surface area contributed by atoms with Gasteiger partial charge in [-0.3, -0.25) is 4.79 Å². The highest BCUT2D eigenvalue weighted by Gasteiger charge is 2.50. The number of amides is 1. The second-order valence-electron chi connectivity index (χ2n) is 7.79. The molecule has 1 spiro atoms. The van der Waals surface area contributed by atoms with Crippen molar-refractivity contribution in [3.63, 3.8) is 0 Å². The minimum absolute atomic E-state index is 0.172. The molecule has 6 heteroatoms. The molecule has 1 aromatic rings. The third kappa shape index (κ3) is 3.13. The third-order valence-corrected chi connectivity index (χ3v) is 6.71. The number of aromatic nitrogens is 1. The van der Waals surface area contributed by atoms with Crippen molar-refractivity contribution in [2.45, 2.75) is 57.1 Å². The van der Waals surface area contributed by atoms with Gasteiger partial charge in [0.2, 0.25) is 5.91 Å². The summed E-state index contributed by atoms with van der Waals surface area (Å²) in [6.07, 6.45) is 7.86. The summed E-state index contributed by atoms with van der Waals surface area (Å²) >= 11 is 6.27. The fourth-order valence-corrected chi connectivity index (χ4v) is 5.03. The van der Waals surface area contributed by atoms with Crippen molar-refractivity contribution in [3.05, 3.63) is 23.4 Å². The Bertz CT molecular complexity index is 637. The first-order chi connectivity index (χ1) is 12.1. The molecule has 1 amide bonds. The highest BCUT2D eigenvalue weighted by molar-refractivity contribution is 6.32. The van der Waals surface area contributed by atoms with Crippen LogP contribution in [0.15, 0.2) is 18.3 Å². The molecule has 3 heterocycles. The van der Waals surface area contributed by atoms with Crippen LogP contribution in [0.25, 0.3) is 0 Å². The number of likely N-dealkylation sites (tertiary alicyclic amines) is 1. The predicted molar refractivity (Wildman–Crippen MR) is 97.7 cm³/mol. The van der Waals surface area contributed by atoms with E-state index in [0.717, 1.165) is 70.4 Å². The first-order valence-electron chi connectivity index (χ1n) is 9.44. The van der Waals surface area contributed by atoms with Gasteiger partial charge >= 0.3 is 0 Å². The van der Waals surface area contributed by atoms with Crippen molar-refractivity contribution >= 4 is 23.3 Å². The Morgan fingerprint density at radius 3 is 2.48 bits per heavy atom. The van der Waals surface area contributed by atoms with E-state index in [-0.39, 0.29) is 11.5 Å². The number of aliphatic hydroxyl groups is 1. The standard InChI is InChI=1S/C19H26ClN3O2/c20-16-2-1-10-21-17(16)22-11-7-19(8-12-22)9-13-23(18(19)25)14-3-5-15(24)6-4-14/h1-2,10,14-15,24H,3-9,11-13H2. The van der Waals surface area contributed by atoms with Crippen LogP contribution in [0.4, 0.5) is 5.82 Å². The molecule has 0 atom stereocenters. The SMILES string of the molecule is O=C1N(C2CCC(O)CC2)CCC12CCN(c1ncccc1Cl)CC2. The number of carbonyl (C=O) groups excluding carboxylic acids is 1. The normalized spacial score (nSPS) is 29.4. The zero-order chi connectivity index (χ0) is 17.4. The van der Waals surface area contributed by atoms with Gasteiger partial charge in [0.25, 0.3) is 0 Å². The van der Waals surface area contributed by atoms with Crippen LogP contribution in [0.2, 0.25) is 5.02 Å². The molecular weight excluding hydrogens is 338 g/mol. The highest BCUT2D eigenvalue weighted by Crippen LogP contribution is 2.44. The lowest BCUT2D eigenvalue weighted by molar-refractivity contribution is -0.139. The first-order valence-corrected chi connectivity index (χ1v) is 9.81. The van der Waals surface area contributed by atoms with Crippen molar-refractivity contribution in [1.82, 2.24) is 9.88 Å². The molecule has 4 rings (SSSR count). The van der Waals surface area contributed by atoms with Gasteiger partial charge in [-0.25, -0.2) is 4.98 Å². The van der Waals surface area contributed by atoms with Crippen LogP contribution < -0.4 is 4.90 Å². The molecule has 136 valence electrons. The number of hydrogen-bond acceptors (Lipinski definition) is 4. The number of anilines is 1. The van der Waals surface area contributed by atoms with Gasteiger partial charge in [-0.15, -0.1) is 0 Å². The largest absolute Gasteiger partial charge is 0.393 e. The Morgan fingerprint density at radius 1 is 1.12 bits per heavy atom. The Hall–Kier alpha value is -1.33. The van der Waals surface area contributed by atoms with Gasteiger partial charge in [-0.2, -0.15) is 0 Å². The quantitative estimate of drug-likeness (QED) is 0.877. The molecule has 5 nitrogen and oxygen atoms in total. The number of hydrogen-bond donors (Lipinski definition) is 1. The van der Waals surface area contributed by atoms with Gasteiger partial charge in [0, 0.05) is 31.9 Å². The van der Waals surface area contributed by atoms with Crippen molar-refractivity contribution in [1.29, 1.82) is 0 Å². The lowest BCUT2D eigenvalue weighted by atomic mass is 9.77. The Balaban J connectivity index is 1.41. The minimum Gasteiger partial charge on any atom is -0.393 e. The Morgan fingerprint density at radius 2 is 1.80 bits per heavy atom. The number of rotatable bonds is 2. The number of piperidine rings is 1. The molecular formula is C19H26ClN3O2. The van der Waals surface area contributed by atoms with Gasteiger partial charge in [0.05, 0.1) is 16.5 Å². The summed E-state index contributed by atoms with van der Waals surface area (Å²) in [5, 5.41) is 10.4. The number of nitrogens with zero attached hydrogens (tertiary/aromatic N) is 3. The topological polar surface area (TPSA) is 56.7 Å². The van der Waals surface area contributed by atoms with E-state index in [1.807, 2.05) is 12.1 Å². The van der Waals surface area contributed by atoms with E-state index in [4.69, 9.17) is 11.6 Å². The lowest BCUT2D eigenvalue weighted by Crippen LogP contribution is -2.47. The number of carbonyl (C=O) groups is 1. The average molecular weight is 364 g/mol. The molecule has 0 unspecified atom stereocenters. The molecule has 1 aromatic heterocycles. The molecule has 0 bridgehead atoms. The molecule has 3 fully saturated rings. The van der Waals surface area contributed by atoms with Crippen LogP contribution in [-0.2, 0) is 4.79 Å². The van der Waals surface area contributed by atoms with E-state index in [9.17, 15) is 9.90 Å². The third-order valence-electron chi connectivity index (χ3n) is 6.41. The Labute approximate surface area is 154 Å². The molecule has 2 aliphatic heterocycles. The summed E-state index contributed by atoms with van der Waals surface area (Å²) in [4.78, 5) is 21.9. The summed E-state index contributed by atoms with van der Waals surface area (Å²) in [6.45, 7) is 2.54. The van der Waals surface area contributed by atoms with Crippen molar-refractivity contribution in [2.24, 2.45) is 5.41 Å². The second-order valence-corrected chi connectivity index (χ2v) is 8.19. The number of halogens is 1. The fraction of sp³-hybridized carbons (Fsp3) is 0.684. The van der Waals surface area contributed by atoms with Gasteiger partial charge in [-0.05, 0) is 57.1 Å². The fourth-order valence-electron chi connectivity index (χ4n) is 4.79. The summed E-state index contributed by atoms with van der Waals surface area (Å²) in [7, 11) is 0. The predicted octanol–water partition coefficient (Wildman–Crippen LogP) is 2.86. The molecule has 2 saturated heterocycles. The second kappa shape index (κ2) is 6.76. The van der Waals surface area contributed by atoms with Crippen LogP contribution in [-0.4, -0.2) is 52.7 Å². The summed E-state index contributed by atoms with van der Waals surface area (Å²) in [5.41, 5.74) is -0.187. The smallest absolute Gasteiger partial charge is 0.229 e. The number of aliphatic hydroxyl groups excluding tert-OH is 1. The van der Waals surface area contributed by atoms with E-state index in [1.54, 1.807) is 6.20 Å². The molecule has 1 N–H and O–H groups in total. The van der Waals surface area contributed by atoms with E-state index >= 15 is 0 Å². The molecule has 0 aromatic carbocycles. The molecule has 1 aliphatic carbocycles. The van der Waals surface area contributed by atoms with Crippen molar-refractivity contribution in [2.75, 3.05) is 24.5 Å². The maximum absolute atomic E-state index is 13.2. The lowest BCUT2D eigenvalue weighted by Gasteiger charge is -2.40. The summed E-state index contributed by atoms with van der Waals surface area (Å²) in [5.74, 6) is 1.18. The van der Waals surface area contributed by atoms with E-state index in [2.05, 4.69) is 14.8 Å². The maximum atomic E-state index is 13.2. The summed E-state index contributed by atoms with van der Waals surface area (Å²) < 4.78 is 0. The molecule has 3 aliphatic rings. The Kier molecular flexibility index (Phi) is 4.63. The average Bonchev–Trinajstić information content (AvgIpc) is 2.94. The van der Waals surface area contributed by atoms with Gasteiger partial charge in [0.15, 0.2) is 0 Å². The first kappa shape index (κ1) is 17.1. The minimum atomic E-state index is -0.187. The zero-order valence-corrected chi connectivity index (χ0v) is 15.3. The monoisotopic (exact) mass is 363 g/mol. The zero-order valence-electron chi connectivity index (χ0n) is 14.5.